The number of fused-ring (bicyclic) bond motifs is 3. The number of guanidine groups is 1. The molecule has 11 heteroatoms. The van der Waals surface area contributed by atoms with Crippen LogP contribution in [0.5, 0.6) is 0 Å². The molecule has 0 amide bonds. The quantitative estimate of drug-likeness (QED) is 0.216. The number of anilines is 3. The monoisotopic (exact) mass is 545 g/mol. The van der Waals surface area contributed by atoms with Gasteiger partial charge in [-0.25, -0.2) is 4.98 Å². The molecule has 2 aromatic rings. The lowest BCUT2D eigenvalue weighted by atomic mass is 9.76. The Kier molecular flexibility index (Phi) is 6.10. The molecule has 0 bridgehead atoms. The maximum Gasteiger partial charge on any atom is 0.227 e. The van der Waals surface area contributed by atoms with Gasteiger partial charge in [-0.2, -0.15) is 10.2 Å². The van der Waals surface area contributed by atoms with Crippen LogP contribution in [0.4, 0.5) is 17.5 Å². The van der Waals surface area contributed by atoms with Gasteiger partial charge < -0.3 is 20.4 Å². The van der Waals surface area contributed by atoms with Gasteiger partial charge >= 0.3 is 0 Å². The van der Waals surface area contributed by atoms with Crippen molar-refractivity contribution in [3.63, 3.8) is 0 Å². The zero-order valence-corrected chi connectivity index (χ0v) is 23.2. The van der Waals surface area contributed by atoms with Gasteiger partial charge in [-0.3, -0.25) is 14.5 Å². The maximum atomic E-state index is 13.0. The maximum absolute atomic E-state index is 13.0. The first-order chi connectivity index (χ1) is 19.0. The van der Waals surface area contributed by atoms with Gasteiger partial charge in [0.2, 0.25) is 11.9 Å². The predicted octanol–water partition coefficient (Wildman–Crippen LogP) is 1.79. The number of nitriles is 1. The molecule has 0 spiro atoms. The summed E-state index contributed by atoms with van der Waals surface area (Å²) in [6, 6.07) is 7.01. The van der Waals surface area contributed by atoms with Crippen LogP contribution >= 0.6 is 0 Å². The summed E-state index contributed by atoms with van der Waals surface area (Å²) in [6.45, 7) is 4.66. The zero-order valence-electron chi connectivity index (χ0n) is 22.4. The highest BCUT2D eigenvalue weighted by molar-refractivity contribution is 7.85. The SMILES string of the molecule is CN=C(NC#N)NCC1(Nc2nc(N3CC4CN(c5ccc6c(c5)CC6)CC4C3)nc3c2S(=O)CC3)CCC1. The van der Waals surface area contributed by atoms with Crippen molar-refractivity contribution in [3.8, 4) is 6.19 Å². The van der Waals surface area contributed by atoms with Crippen molar-refractivity contribution in [2.75, 3.05) is 60.6 Å². The fraction of sp³-hybridized carbons (Fsp3) is 0.571. The lowest BCUT2D eigenvalue weighted by Gasteiger charge is -2.43. The molecule has 3 N–H and O–H groups in total. The van der Waals surface area contributed by atoms with E-state index in [1.807, 2.05) is 6.19 Å². The molecule has 3 fully saturated rings. The summed E-state index contributed by atoms with van der Waals surface area (Å²) >= 11 is 0. The standard InChI is InChI=1S/C28H35N9OS/c1-30-26(32-17-29)31-16-28(8-2-9-28)35-25-24-23(7-10-39(24)38)33-27(34-25)37-14-20-12-36(13-21(20)15-37)22-6-5-18-3-4-19(18)11-22/h5-6,11,20-21H,2-4,7-10,12-16H2,1H3,(H2,30,31,32)(H,33,34,35). The molecule has 0 radical (unpaired) electrons. The lowest BCUT2D eigenvalue weighted by molar-refractivity contribution is 0.276. The molecule has 204 valence electrons. The van der Waals surface area contributed by atoms with Crippen LogP contribution in [0.3, 0.4) is 0 Å². The van der Waals surface area contributed by atoms with E-state index in [1.165, 1.54) is 29.7 Å². The lowest BCUT2D eigenvalue weighted by Crippen LogP contribution is -2.55. The third kappa shape index (κ3) is 4.39. The molecule has 3 aliphatic heterocycles. The fourth-order valence-corrected chi connectivity index (χ4v) is 8.15. The van der Waals surface area contributed by atoms with E-state index in [-0.39, 0.29) is 5.54 Å². The van der Waals surface area contributed by atoms with Crippen molar-refractivity contribution >= 4 is 34.2 Å². The summed E-state index contributed by atoms with van der Waals surface area (Å²) in [5, 5.41) is 18.5. The fourth-order valence-electron chi connectivity index (χ4n) is 6.84. The van der Waals surface area contributed by atoms with Crippen molar-refractivity contribution in [3.05, 3.63) is 35.0 Å². The zero-order chi connectivity index (χ0) is 26.6. The number of benzene rings is 1. The molecule has 3 atom stereocenters. The molecule has 3 unspecified atom stereocenters. The van der Waals surface area contributed by atoms with Crippen molar-refractivity contribution in [1.29, 1.82) is 5.26 Å². The van der Waals surface area contributed by atoms with Crippen LogP contribution in [0.15, 0.2) is 28.1 Å². The van der Waals surface area contributed by atoms with Gasteiger partial charge in [0.25, 0.3) is 0 Å². The summed E-state index contributed by atoms with van der Waals surface area (Å²) in [7, 11) is 0.558. The first-order valence-electron chi connectivity index (χ1n) is 14.1. The molecule has 4 heterocycles. The summed E-state index contributed by atoms with van der Waals surface area (Å²) < 4.78 is 13.0. The first-order valence-corrected chi connectivity index (χ1v) is 15.4. The molecule has 7 rings (SSSR count). The Hall–Kier alpha value is -3.39. The molecule has 10 nitrogen and oxygen atoms in total. The van der Waals surface area contributed by atoms with Crippen molar-refractivity contribution in [2.24, 2.45) is 16.8 Å². The molecule has 1 saturated carbocycles. The number of hydrogen-bond acceptors (Lipinski definition) is 8. The highest BCUT2D eigenvalue weighted by atomic mass is 32.2. The Labute approximate surface area is 231 Å². The van der Waals surface area contributed by atoms with Gasteiger partial charge in [-0.05, 0) is 55.4 Å². The molecular weight excluding hydrogens is 510 g/mol. The van der Waals surface area contributed by atoms with Crippen LogP contribution in [-0.4, -0.2) is 71.2 Å². The van der Waals surface area contributed by atoms with E-state index < -0.39 is 10.8 Å². The van der Waals surface area contributed by atoms with E-state index in [0.717, 1.165) is 74.2 Å². The van der Waals surface area contributed by atoms with Crippen molar-refractivity contribution in [1.82, 2.24) is 20.6 Å². The number of nitrogens with one attached hydrogen (secondary N) is 3. The van der Waals surface area contributed by atoms with Crippen LogP contribution in [0.2, 0.25) is 0 Å². The summed E-state index contributed by atoms with van der Waals surface area (Å²) in [5.41, 5.74) is 5.11. The minimum atomic E-state index is -1.09. The number of aryl methyl sites for hydroxylation is 3. The average Bonchev–Trinajstić information content (AvgIpc) is 3.59. The number of aliphatic imine (C=N–C) groups is 1. The smallest absolute Gasteiger partial charge is 0.227 e. The highest BCUT2D eigenvalue weighted by Crippen LogP contribution is 2.40. The topological polar surface area (TPSA) is 122 Å². The molecular formula is C28H35N9OS. The number of nitrogens with zero attached hydrogens (tertiary/aromatic N) is 6. The van der Waals surface area contributed by atoms with Crippen LogP contribution in [0.25, 0.3) is 0 Å². The molecule has 2 saturated heterocycles. The van der Waals surface area contributed by atoms with Crippen LogP contribution < -0.4 is 25.8 Å². The molecule has 5 aliphatic rings. The average molecular weight is 546 g/mol. The summed E-state index contributed by atoms with van der Waals surface area (Å²) in [6.07, 6.45) is 8.14. The van der Waals surface area contributed by atoms with E-state index in [9.17, 15) is 4.21 Å². The number of aromatic nitrogens is 2. The van der Waals surface area contributed by atoms with E-state index in [4.69, 9.17) is 15.2 Å². The van der Waals surface area contributed by atoms with E-state index in [2.05, 4.69) is 48.9 Å². The van der Waals surface area contributed by atoms with Gasteiger partial charge in [0.05, 0.1) is 22.0 Å². The van der Waals surface area contributed by atoms with Gasteiger partial charge in [-0.15, -0.1) is 0 Å². The van der Waals surface area contributed by atoms with Crippen LogP contribution in [-0.2, 0) is 30.1 Å². The third-order valence-corrected chi connectivity index (χ3v) is 10.8. The first kappa shape index (κ1) is 24.6. The Bertz CT molecular complexity index is 1380. The summed E-state index contributed by atoms with van der Waals surface area (Å²) in [5.74, 6) is 3.73. The van der Waals surface area contributed by atoms with Crippen LogP contribution in [0, 0.1) is 23.3 Å². The molecule has 1 aromatic heterocycles. The second-order valence-electron chi connectivity index (χ2n) is 11.7. The second kappa shape index (κ2) is 9.66. The van der Waals surface area contributed by atoms with E-state index >= 15 is 0 Å². The van der Waals surface area contributed by atoms with E-state index in [0.29, 0.717) is 30.1 Å². The number of rotatable bonds is 6. The highest BCUT2D eigenvalue weighted by Gasteiger charge is 2.43. The Balaban J connectivity index is 1.08. The van der Waals surface area contributed by atoms with Crippen LogP contribution in [0.1, 0.15) is 36.1 Å². The Morgan fingerprint density at radius 2 is 1.90 bits per heavy atom. The van der Waals surface area contributed by atoms with Gasteiger partial charge in [-0.1, -0.05) is 6.07 Å². The molecule has 1 aromatic carbocycles. The predicted molar refractivity (Wildman–Crippen MR) is 153 cm³/mol. The largest absolute Gasteiger partial charge is 0.371 e. The Morgan fingerprint density at radius 3 is 2.54 bits per heavy atom. The summed E-state index contributed by atoms with van der Waals surface area (Å²) in [4.78, 5) is 19.8. The number of hydrogen-bond donors (Lipinski definition) is 3. The third-order valence-electron chi connectivity index (χ3n) is 9.35. The van der Waals surface area contributed by atoms with Crippen molar-refractivity contribution < 1.29 is 4.21 Å². The minimum absolute atomic E-state index is 0.224. The Morgan fingerprint density at radius 1 is 1.13 bits per heavy atom. The van der Waals surface area contributed by atoms with E-state index in [1.54, 1.807) is 7.05 Å². The second-order valence-corrected chi connectivity index (χ2v) is 13.2. The normalized spacial score (nSPS) is 26.2. The van der Waals surface area contributed by atoms with Crippen molar-refractivity contribution in [2.45, 2.75) is 49.0 Å². The minimum Gasteiger partial charge on any atom is -0.371 e. The van der Waals surface area contributed by atoms with Gasteiger partial charge in [0, 0.05) is 69.5 Å². The van der Waals surface area contributed by atoms with Gasteiger partial charge in [0.15, 0.2) is 6.19 Å². The molecule has 2 aliphatic carbocycles. The molecule has 39 heavy (non-hydrogen) atoms. The van der Waals surface area contributed by atoms with Gasteiger partial charge in [0.1, 0.15) is 10.7 Å².